The highest BCUT2D eigenvalue weighted by Crippen LogP contribution is 2.27. The van der Waals surface area contributed by atoms with Crippen LogP contribution in [0.4, 0.5) is 0 Å². The lowest BCUT2D eigenvalue weighted by molar-refractivity contribution is 0.241. The van der Waals surface area contributed by atoms with E-state index in [1.807, 2.05) is 0 Å². The van der Waals surface area contributed by atoms with Crippen molar-refractivity contribution in [3.05, 3.63) is 6.92 Å². The maximum atomic E-state index is 4.10. The second-order valence-corrected chi connectivity index (χ2v) is 4.15. The maximum absolute atomic E-state index is 4.10. The van der Waals surface area contributed by atoms with Gasteiger partial charge in [-0.15, -0.1) is 0 Å². The van der Waals surface area contributed by atoms with Crippen LogP contribution in [0.15, 0.2) is 0 Å². The molecule has 1 aliphatic carbocycles. The Bertz CT molecular complexity index is 101. The molecule has 0 aromatic carbocycles. The van der Waals surface area contributed by atoms with Crippen LogP contribution in [0, 0.1) is 18.8 Å². The maximum Gasteiger partial charge on any atom is 0.000356 e. The van der Waals surface area contributed by atoms with Crippen molar-refractivity contribution >= 4 is 0 Å². The predicted octanol–water partition coefficient (Wildman–Crippen LogP) is 2.19. The largest absolute Gasteiger partial charge is 0.309 e. The first kappa shape index (κ1) is 9.05. The molecule has 0 atom stereocenters. The lowest BCUT2D eigenvalue weighted by Crippen LogP contribution is -2.25. The highest BCUT2D eigenvalue weighted by Gasteiger charge is 2.18. The van der Waals surface area contributed by atoms with E-state index >= 15 is 0 Å². The van der Waals surface area contributed by atoms with E-state index in [1.165, 1.54) is 32.2 Å². The smallest absolute Gasteiger partial charge is 0.000356 e. The summed E-state index contributed by atoms with van der Waals surface area (Å²) in [6.07, 6.45) is 5.48. The van der Waals surface area contributed by atoms with Crippen molar-refractivity contribution in [1.82, 2.24) is 4.90 Å². The zero-order valence-corrected chi connectivity index (χ0v) is 7.84. The Kier molecular flexibility index (Phi) is 3.38. The SMILES string of the molecule is [CH2][C@H]1CC[C@@H](CN(C)C)CC1. The molecule has 0 bridgehead atoms. The molecule has 0 N–H and O–H groups in total. The lowest BCUT2D eigenvalue weighted by atomic mass is 9.83. The van der Waals surface area contributed by atoms with E-state index in [-0.39, 0.29) is 0 Å². The summed E-state index contributed by atoms with van der Waals surface area (Å²) in [4.78, 5) is 2.30. The number of hydrogen-bond donors (Lipinski definition) is 0. The Morgan fingerprint density at radius 3 is 2.18 bits per heavy atom. The Morgan fingerprint density at radius 2 is 1.73 bits per heavy atom. The monoisotopic (exact) mass is 154 g/mol. The summed E-state index contributed by atoms with van der Waals surface area (Å²) in [5.74, 6) is 1.69. The van der Waals surface area contributed by atoms with Gasteiger partial charge in [0.25, 0.3) is 0 Å². The van der Waals surface area contributed by atoms with E-state index in [4.69, 9.17) is 0 Å². The zero-order valence-electron chi connectivity index (χ0n) is 7.84. The molecule has 0 aromatic heterocycles. The summed E-state index contributed by atoms with van der Waals surface area (Å²) < 4.78 is 0. The van der Waals surface area contributed by atoms with Crippen LogP contribution >= 0.6 is 0 Å². The molecule has 0 heterocycles. The van der Waals surface area contributed by atoms with Crippen LogP contribution < -0.4 is 0 Å². The minimum absolute atomic E-state index is 0.744. The van der Waals surface area contributed by atoms with E-state index in [9.17, 15) is 0 Å². The molecule has 1 nitrogen and oxygen atoms in total. The molecule has 0 saturated heterocycles. The topological polar surface area (TPSA) is 3.24 Å². The predicted molar refractivity (Wildman–Crippen MR) is 49.4 cm³/mol. The van der Waals surface area contributed by atoms with Crippen LogP contribution in [0.3, 0.4) is 0 Å². The van der Waals surface area contributed by atoms with Crippen molar-refractivity contribution in [3.63, 3.8) is 0 Å². The van der Waals surface area contributed by atoms with Crippen molar-refractivity contribution in [2.75, 3.05) is 20.6 Å². The molecule has 11 heavy (non-hydrogen) atoms. The molecule has 1 fully saturated rings. The quantitative estimate of drug-likeness (QED) is 0.589. The summed E-state index contributed by atoms with van der Waals surface area (Å²) in [6, 6.07) is 0. The Morgan fingerprint density at radius 1 is 1.18 bits per heavy atom. The molecule has 0 spiro atoms. The van der Waals surface area contributed by atoms with Gasteiger partial charge in [0.1, 0.15) is 0 Å². The van der Waals surface area contributed by atoms with E-state index in [0.29, 0.717) is 0 Å². The van der Waals surface area contributed by atoms with Gasteiger partial charge >= 0.3 is 0 Å². The summed E-state index contributed by atoms with van der Waals surface area (Å²) in [6.45, 7) is 5.37. The van der Waals surface area contributed by atoms with Gasteiger partial charge in [0.05, 0.1) is 0 Å². The van der Waals surface area contributed by atoms with E-state index in [2.05, 4.69) is 25.9 Å². The Labute approximate surface area is 70.8 Å². The van der Waals surface area contributed by atoms with Gasteiger partial charge in [0, 0.05) is 6.54 Å². The van der Waals surface area contributed by atoms with E-state index in [1.54, 1.807) is 0 Å². The first-order chi connectivity index (χ1) is 5.18. The molecule has 1 saturated carbocycles. The van der Waals surface area contributed by atoms with Gasteiger partial charge in [0.2, 0.25) is 0 Å². The average molecular weight is 154 g/mol. The van der Waals surface area contributed by atoms with Crippen molar-refractivity contribution in [3.8, 4) is 0 Å². The van der Waals surface area contributed by atoms with Crippen LogP contribution in [-0.2, 0) is 0 Å². The Hall–Kier alpha value is -0.0400. The second kappa shape index (κ2) is 4.10. The van der Waals surface area contributed by atoms with Gasteiger partial charge < -0.3 is 4.90 Å². The van der Waals surface area contributed by atoms with E-state index in [0.717, 1.165) is 11.8 Å². The standard InChI is InChI=1S/C10H20N/c1-9-4-6-10(7-5-9)8-11(2)3/h9-10H,1,4-8H2,2-3H3/t9-,10+. The fourth-order valence-electron chi connectivity index (χ4n) is 1.93. The highest BCUT2D eigenvalue weighted by molar-refractivity contribution is 4.74. The van der Waals surface area contributed by atoms with Gasteiger partial charge in [-0.1, -0.05) is 19.8 Å². The van der Waals surface area contributed by atoms with Crippen LogP contribution in [0.2, 0.25) is 0 Å². The molecule has 0 unspecified atom stereocenters. The van der Waals surface area contributed by atoms with Gasteiger partial charge in [-0.05, 0) is 38.8 Å². The third-order valence-electron chi connectivity index (χ3n) is 2.59. The minimum atomic E-state index is 0.744. The number of nitrogens with zero attached hydrogens (tertiary/aromatic N) is 1. The van der Waals surface area contributed by atoms with Gasteiger partial charge in [-0.2, -0.15) is 0 Å². The van der Waals surface area contributed by atoms with Crippen molar-refractivity contribution in [2.45, 2.75) is 25.7 Å². The summed E-state index contributed by atoms with van der Waals surface area (Å²) in [5.41, 5.74) is 0. The normalized spacial score (nSPS) is 32.7. The third-order valence-corrected chi connectivity index (χ3v) is 2.59. The van der Waals surface area contributed by atoms with Crippen LogP contribution in [0.25, 0.3) is 0 Å². The van der Waals surface area contributed by atoms with Gasteiger partial charge in [-0.25, -0.2) is 0 Å². The summed E-state index contributed by atoms with van der Waals surface area (Å²) >= 11 is 0. The van der Waals surface area contributed by atoms with Crippen molar-refractivity contribution in [1.29, 1.82) is 0 Å². The molecule has 1 rings (SSSR count). The zero-order chi connectivity index (χ0) is 8.27. The molecule has 0 amide bonds. The number of rotatable bonds is 2. The van der Waals surface area contributed by atoms with Crippen LogP contribution in [0.1, 0.15) is 25.7 Å². The summed E-state index contributed by atoms with van der Waals surface area (Å²) in [5, 5.41) is 0. The van der Waals surface area contributed by atoms with Crippen LogP contribution in [-0.4, -0.2) is 25.5 Å². The van der Waals surface area contributed by atoms with E-state index < -0.39 is 0 Å². The second-order valence-electron chi connectivity index (χ2n) is 4.15. The molecule has 1 radical (unpaired) electrons. The first-order valence-corrected chi connectivity index (χ1v) is 4.66. The fourth-order valence-corrected chi connectivity index (χ4v) is 1.93. The van der Waals surface area contributed by atoms with Gasteiger partial charge in [-0.3, -0.25) is 0 Å². The number of hydrogen-bond acceptors (Lipinski definition) is 1. The third kappa shape index (κ3) is 3.24. The molecule has 0 aromatic rings. The molecule has 0 aliphatic heterocycles. The van der Waals surface area contributed by atoms with Crippen molar-refractivity contribution < 1.29 is 0 Å². The minimum Gasteiger partial charge on any atom is -0.309 e. The van der Waals surface area contributed by atoms with Crippen molar-refractivity contribution in [2.24, 2.45) is 11.8 Å². The molecule has 1 aliphatic rings. The highest BCUT2D eigenvalue weighted by atomic mass is 15.1. The molecule has 65 valence electrons. The average Bonchev–Trinajstić information content (AvgIpc) is 1.93. The molecular formula is C10H20N. The molecule has 1 heteroatoms. The Balaban J connectivity index is 2.17. The molecular weight excluding hydrogens is 134 g/mol. The fraction of sp³-hybridized carbons (Fsp3) is 0.900. The van der Waals surface area contributed by atoms with Crippen LogP contribution in [0.5, 0.6) is 0 Å². The summed E-state index contributed by atoms with van der Waals surface area (Å²) in [7, 11) is 4.33. The van der Waals surface area contributed by atoms with Gasteiger partial charge in [0.15, 0.2) is 0 Å². The lowest BCUT2D eigenvalue weighted by Gasteiger charge is -2.28. The first-order valence-electron chi connectivity index (χ1n) is 4.66.